The molecule has 2 rings (SSSR count). The van der Waals surface area contributed by atoms with Gasteiger partial charge in [-0.3, -0.25) is 9.69 Å². The zero-order valence-corrected chi connectivity index (χ0v) is 14.1. The summed E-state index contributed by atoms with van der Waals surface area (Å²) in [5, 5.41) is 2.56. The van der Waals surface area contributed by atoms with E-state index in [4.69, 9.17) is 5.73 Å². The lowest BCUT2D eigenvalue weighted by Gasteiger charge is -2.23. The SMILES string of the molecule is NC(=O)N(CCNc1c(F)cccc1F)C(=O)[CH]CC1CCCCC1. The molecule has 1 aliphatic rings. The number of benzene rings is 1. The Hall–Kier alpha value is -2.18. The molecule has 0 atom stereocenters. The van der Waals surface area contributed by atoms with Crippen LogP contribution in [0.15, 0.2) is 18.2 Å². The van der Waals surface area contributed by atoms with Crippen LogP contribution in [0.2, 0.25) is 0 Å². The molecule has 1 radical (unpaired) electrons. The average molecular weight is 352 g/mol. The first-order valence-corrected chi connectivity index (χ1v) is 8.61. The summed E-state index contributed by atoms with van der Waals surface area (Å²) in [6.45, 7) is -0.0626. The number of hydrogen-bond acceptors (Lipinski definition) is 3. The van der Waals surface area contributed by atoms with E-state index in [1.165, 1.54) is 31.7 Å². The smallest absolute Gasteiger partial charge is 0.321 e. The number of urea groups is 1. The largest absolute Gasteiger partial charge is 0.378 e. The van der Waals surface area contributed by atoms with Crippen molar-refractivity contribution in [3.8, 4) is 0 Å². The standard InChI is InChI=1S/C18H24F2N3O2/c19-14-7-4-8-15(20)17(14)22-11-12-23(18(21)25)16(24)10-9-13-5-2-1-3-6-13/h4,7-8,10,13,22H,1-3,5-6,9,11-12H2,(H2,21,25). The normalized spacial score (nSPS) is 15.0. The first kappa shape index (κ1) is 19.1. The van der Waals surface area contributed by atoms with Gasteiger partial charge in [0, 0.05) is 13.1 Å². The van der Waals surface area contributed by atoms with Crippen molar-refractivity contribution in [2.75, 3.05) is 18.4 Å². The number of primary amides is 1. The summed E-state index contributed by atoms with van der Waals surface area (Å²) in [6.07, 6.45) is 7.87. The van der Waals surface area contributed by atoms with Gasteiger partial charge in [-0.25, -0.2) is 13.6 Å². The highest BCUT2D eigenvalue weighted by Gasteiger charge is 2.21. The molecule has 1 fully saturated rings. The molecule has 1 aliphatic carbocycles. The first-order valence-electron chi connectivity index (χ1n) is 8.61. The molecule has 1 saturated carbocycles. The third-order valence-corrected chi connectivity index (χ3v) is 4.48. The number of hydrogen-bond donors (Lipinski definition) is 2. The Labute approximate surface area is 146 Å². The second kappa shape index (κ2) is 9.34. The third-order valence-electron chi connectivity index (χ3n) is 4.48. The van der Waals surface area contributed by atoms with E-state index in [0.29, 0.717) is 12.3 Å². The molecule has 1 aromatic carbocycles. The van der Waals surface area contributed by atoms with E-state index >= 15 is 0 Å². The second-order valence-corrected chi connectivity index (χ2v) is 6.30. The minimum Gasteiger partial charge on any atom is -0.378 e. The van der Waals surface area contributed by atoms with E-state index in [9.17, 15) is 18.4 Å². The van der Waals surface area contributed by atoms with Crippen LogP contribution in [0.3, 0.4) is 0 Å². The highest BCUT2D eigenvalue weighted by atomic mass is 19.1. The Balaban J connectivity index is 1.83. The number of imide groups is 1. The van der Waals surface area contributed by atoms with E-state index in [2.05, 4.69) is 5.32 Å². The number of nitrogens with two attached hydrogens (primary N) is 1. The third kappa shape index (κ3) is 5.69. The topological polar surface area (TPSA) is 75.4 Å². The molecule has 5 nitrogen and oxygen atoms in total. The van der Waals surface area contributed by atoms with Crippen LogP contribution in [0, 0.1) is 24.0 Å². The molecule has 3 N–H and O–H groups in total. The van der Waals surface area contributed by atoms with Gasteiger partial charge in [-0.1, -0.05) is 38.2 Å². The Bertz CT molecular complexity index is 584. The summed E-state index contributed by atoms with van der Waals surface area (Å²) in [7, 11) is 0. The van der Waals surface area contributed by atoms with E-state index in [1.807, 2.05) is 0 Å². The second-order valence-electron chi connectivity index (χ2n) is 6.30. The van der Waals surface area contributed by atoms with Crippen molar-refractivity contribution in [1.82, 2.24) is 4.90 Å². The molecule has 137 valence electrons. The zero-order chi connectivity index (χ0) is 18.2. The van der Waals surface area contributed by atoms with Gasteiger partial charge in [0.1, 0.15) is 17.3 Å². The molecule has 1 aromatic rings. The van der Waals surface area contributed by atoms with Crippen LogP contribution in [0.5, 0.6) is 0 Å². The van der Waals surface area contributed by atoms with Gasteiger partial charge in [-0.2, -0.15) is 0 Å². The number of rotatable bonds is 7. The van der Waals surface area contributed by atoms with E-state index in [1.54, 1.807) is 0 Å². The fraction of sp³-hybridized carbons (Fsp3) is 0.500. The van der Waals surface area contributed by atoms with Gasteiger partial charge >= 0.3 is 6.03 Å². The molecule has 0 heterocycles. The quantitative estimate of drug-likeness (QED) is 0.789. The maximum atomic E-state index is 13.5. The van der Waals surface area contributed by atoms with Gasteiger partial charge in [-0.15, -0.1) is 0 Å². The van der Waals surface area contributed by atoms with Crippen molar-refractivity contribution in [1.29, 1.82) is 0 Å². The summed E-state index contributed by atoms with van der Waals surface area (Å²) in [4.78, 5) is 24.6. The molecular formula is C18H24F2N3O2. The number of amides is 3. The fourth-order valence-corrected chi connectivity index (χ4v) is 3.09. The monoisotopic (exact) mass is 352 g/mol. The van der Waals surface area contributed by atoms with Crippen LogP contribution in [0.25, 0.3) is 0 Å². The lowest BCUT2D eigenvalue weighted by atomic mass is 9.86. The van der Waals surface area contributed by atoms with Crippen LogP contribution in [-0.2, 0) is 4.79 Å². The molecule has 7 heteroatoms. The molecule has 0 aliphatic heterocycles. The van der Waals surface area contributed by atoms with Gasteiger partial charge in [0.2, 0.25) is 5.91 Å². The molecule has 0 unspecified atom stereocenters. The molecular weight excluding hydrogens is 328 g/mol. The van der Waals surface area contributed by atoms with Gasteiger partial charge in [0.05, 0.1) is 6.42 Å². The molecule has 3 amide bonds. The molecule has 0 bridgehead atoms. The number of carbonyl (C=O) groups excluding carboxylic acids is 2. The van der Waals surface area contributed by atoms with Crippen LogP contribution in [-0.4, -0.2) is 29.9 Å². The van der Waals surface area contributed by atoms with Gasteiger partial charge in [-0.05, 0) is 24.5 Å². The number of nitrogens with zero attached hydrogens (tertiary/aromatic N) is 1. The van der Waals surface area contributed by atoms with Gasteiger partial charge in [0.15, 0.2) is 0 Å². The Morgan fingerprint density at radius 3 is 2.44 bits per heavy atom. The lowest BCUT2D eigenvalue weighted by molar-refractivity contribution is -0.124. The Kier molecular flexibility index (Phi) is 7.16. The van der Waals surface area contributed by atoms with Crippen LogP contribution in [0.1, 0.15) is 38.5 Å². The van der Waals surface area contributed by atoms with E-state index in [0.717, 1.165) is 29.9 Å². The number of anilines is 1. The molecule has 0 spiro atoms. The van der Waals surface area contributed by atoms with Crippen molar-refractivity contribution in [3.63, 3.8) is 0 Å². The van der Waals surface area contributed by atoms with Crippen molar-refractivity contribution >= 4 is 17.6 Å². The summed E-state index contributed by atoms with van der Waals surface area (Å²) < 4.78 is 27.1. The number of para-hydroxylation sites is 1. The van der Waals surface area contributed by atoms with Gasteiger partial charge in [0.25, 0.3) is 0 Å². The fourth-order valence-electron chi connectivity index (χ4n) is 3.09. The number of carbonyl (C=O) groups is 2. The highest BCUT2D eigenvalue weighted by Crippen LogP contribution is 2.27. The van der Waals surface area contributed by atoms with Crippen LogP contribution < -0.4 is 11.1 Å². The summed E-state index contributed by atoms with van der Waals surface area (Å²) in [6, 6.07) is 2.64. The van der Waals surface area contributed by atoms with E-state index in [-0.39, 0.29) is 18.8 Å². The summed E-state index contributed by atoms with van der Waals surface area (Å²) in [5.41, 5.74) is 4.97. The predicted octanol–water partition coefficient (Wildman–Crippen LogP) is 3.46. The minimum atomic E-state index is -0.874. The summed E-state index contributed by atoms with van der Waals surface area (Å²) >= 11 is 0. The zero-order valence-electron chi connectivity index (χ0n) is 14.1. The van der Waals surface area contributed by atoms with E-state index < -0.39 is 23.6 Å². The van der Waals surface area contributed by atoms with Crippen molar-refractivity contribution in [2.45, 2.75) is 38.5 Å². The van der Waals surface area contributed by atoms with Crippen LogP contribution >= 0.6 is 0 Å². The van der Waals surface area contributed by atoms with Crippen molar-refractivity contribution in [2.24, 2.45) is 11.7 Å². The Morgan fingerprint density at radius 1 is 1.20 bits per heavy atom. The van der Waals surface area contributed by atoms with Gasteiger partial charge < -0.3 is 11.1 Å². The predicted molar refractivity (Wildman–Crippen MR) is 91.6 cm³/mol. The maximum Gasteiger partial charge on any atom is 0.321 e. The Morgan fingerprint density at radius 2 is 1.84 bits per heavy atom. The average Bonchev–Trinajstić information content (AvgIpc) is 2.59. The number of nitrogens with one attached hydrogen (secondary N) is 1. The van der Waals surface area contributed by atoms with Crippen molar-refractivity contribution in [3.05, 3.63) is 36.3 Å². The van der Waals surface area contributed by atoms with Crippen molar-refractivity contribution < 1.29 is 18.4 Å². The number of halogens is 2. The molecule has 25 heavy (non-hydrogen) atoms. The van der Waals surface area contributed by atoms with Crippen LogP contribution in [0.4, 0.5) is 19.3 Å². The maximum absolute atomic E-state index is 13.5. The first-order chi connectivity index (χ1) is 12.0. The lowest BCUT2D eigenvalue weighted by Crippen LogP contribution is -2.43. The molecule has 0 aromatic heterocycles. The minimum absolute atomic E-state index is 0.00377. The molecule has 0 saturated heterocycles. The summed E-state index contributed by atoms with van der Waals surface area (Å²) in [5.74, 6) is -1.46. The highest BCUT2D eigenvalue weighted by molar-refractivity contribution is 5.98.